The molecule has 128 valence electrons. The quantitative estimate of drug-likeness (QED) is 0.301. The van der Waals surface area contributed by atoms with E-state index in [-0.39, 0.29) is 5.78 Å². The summed E-state index contributed by atoms with van der Waals surface area (Å²) in [6.45, 7) is 2.13. The summed E-state index contributed by atoms with van der Waals surface area (Å²) >= 11 is 11.1. The Morgan fingerprint density at radius 3 is 2.88 bits per heavy atom. The van der Waals surface area contributed by atoms with E-state index in [4.69, 9.17) is 16.0 Å². The van der Waals surface area contributed by atoms with Crippen LogP contribution in [0.15, 0.2) is 57.4 Å². The van der Waals surface area contributed by atoms with Crippen LogP contribution in [0.25, 0.3) is 17.4 Å². The molecule has 0 bridgehead atoms. The lowest BCUT2D eigenvalue weighted by Gasteiger charge is -1.96. The maximum atomic E-state index is 12.4. The van der Waals surface area contributed by atoms with Gasteiger partial charge in [-0.2, -0.15) is 0 Å². The average Bonchev–Trinajstić information content (AvgIpc) is 3.21. The number of hydrogen-bond acceptors (Lipinski definition) is 3. The number of rotatable bonds is 6. The Balaban J connectivity index is 1.74. The highest BCUT2D eigenvalue weighted by molar-refractivity contribution is 9.10. The second-order valence-electron chi connectivity index (χ2n) is 5.54. The van der Waals surface area contributed by atoms with E-state index in [0.29, 0.717) is 10.8 Å². The van der Waals surface area contributed by atoms with Gasteiger partial charge in [-0.05, 0) is 64.8 Å². The first-order valence-electron chi connectivity index (χ1n) is 7.93. The van der Waals surface area contributed by atoms with Crippen LogP contribution in [-0.2, 0) is 6.42 Å². The van der Waals surface area contributed by atoms with Crippen molar-refractivity contribution in [2.24, 2.45) is 0 Å². The van der Waals surface area contributed by atoms with E-state index in [1.807, 2.05) is 42.5 Å². The molecule has 2 nitrogen and oxygen atoms in total. The topological polar surface area (TPSA) is 30.2 Å². The summed E-state index contributed by atoms with van der Waals surface area (Å²) in [6.07, 6.45) is 5.28. The zero-order valence-electron chi connectivity index (χ0n) is 13.6. The fraction of sp³-hybridized carbons (Fsp3) is 0.150. The van der Waals surface area contributed by atoms with E-state index in [1.165, 1.54) is 16.2 Å². The van der Waals surface area contributed by atoms with Crippen molar-refractivity contribution in [2.45, 2.75) is 19.8 Å². The standard InChI is InChI=1S/C20H16BrClO2S/c1-2-4-19-16(21)12-20(25-19)17(23)9-7-15-8-10-18(24-15)13-5-3-6-14(22)11-13/h3,5-12H,2,4H2,1H3/b9-7+. The van der Waals surface area contributed by atoms with E-state index in [1.54, 1.807) is 12.2 Å². The SMILES string of the molecule is CCCc1sc(C(=O)/C=C/c2ccc(-c3cccc(Cl)c3)o2)cc1Br. The van der Waals surface area contributed by atoms with Gasteiger partial charge in [0.15, 0.2) is 5.78 Å². The zero-order valence-corrected chi connectivity index (χ0v) is 16.7. The molecule has 0 aliphatic rings. The highest BCUT2D eigenvalue weighted by atomic mass is 79.9. The third kappa shape index (κ3) is 4.51. The first-order chi connectivity index (χ1) is 12.1. The first kappa shape index (κ1) is 18.2. The summed E-state index contributed by atoms with van der Waals surface area (Å²) in [4.78, 5) is 14.3. The third-order valence-corrected chi connectivity index (χ3v) is 6.03. The molecular weight excluding hydrogens is 420 g/mol. The summed E-state index contributed by atoms with van der Waals surface area (Å²) in [5.74, 6) is 1.33. The van der Waals surface area contributed by atoms with Gasteiger partial charge in [0, 0.05) is 19.9 Å². The fourth-order valence-electron chi connectivity index (χ4n) is 2.40. The largest absolute Gasteiger partial charge is 0.457 e. The Morgan fingerprint density at radius 2 is 2.12 bits per heavy atom. The molecule has 25 heavy (non-hydrogen) atoms. The molecule has 0 atom stereocenters. The van der Waals surface area contributed by atoms with Gasteiger partial charge in [-0.1, -0.05) is 37.1 Å². The van der Waals surface area contributed by atoms with E-state index in [9.17, 15) is 4.79 Å². The molecule has 0 radical (unpaired) electrons. The highest BCUT2D eigenvalue weighted by Gasteiger charge is 2.11. The van der Waals surface area contributed by atoms with Gasteiger partial charge in [0.2, 0.25) is 0 Å². The van der Waals surface area contributed by atoms with Crippen LogP contribution in [0.5, 0.6) is 0 Å². The number of carbonyl (C=O) groups excluding carboxylic acids is 1. The number of ketones is 1. The lowest BCUT2D eigenvalue weighted by atomic mass is 10.2. The third-order valence-electron chi connectivity index (χ3n) is 3.61. The molecule has 3 rings (SSSR count). The van der Waals surface area contributed by atoms with Gasteiger partial charge in [0.05, 0.1) is 4.88 Å². The van der Waals surface area contributed by atoms with E-state index in [0.717, 1.165) is 33.5 Å². The van der Waals surface area contributed by atoms with Crippen LogP contribution in [0.1, 0.15) is 33.7 Å². The molecule has 0 saturated heterocycles. The number of carbonyl (C=O) groups is 1. The maximum absolute atomic E-state index is 12.4. The van der Waals surface area contributed by atoms with E-state index < -0.39 is 0 Å². The van der Waals surface area contributed by atoms with Gasteiger partial charge in [0.1, 0.15) is 11.5 Å². The van der Waals surface area contributed by atoms with Gasteiger partial charge in [-0.15, -0.1) is 11.3 Å². The molecule has 0 fully saturated rings. The van der Waals surface area contributed by atoms with Gasteiger partial charge in [0.25, 0.3) is 0 Å². The van der Waals surface area contributed by atoms with Crippen LogP contribution in [0, 0.1) is 0 Å². The molecule has 0 amide bonds. The Kier molecular flexibility index (Phi) is 5.94. The smallest absolute Gasteiger partial charge is 0.195 e. The normalized spacial score (nSPS) is 11.3. The number of furan rings is 1. The summed E-state index contributed by atoms with van der Waals surface area (Å²) in [6, 6.07) is 13.1. The minimum Gasteiger partial charge on any atom is -0.457 e. The summed E-state index contributed by atoms with van der Waals surface area (Å²) in [7, 11) is 0. The van der Waals surface area contributed by atoms with Crippen molar-refractivity contribution in [2.75, 3.05) is 0 Å². The van der Waals surface area contributed by atoms with Crippen LogP contribution in [0.4, 0.5) is 0 Å². The highest BCUT2D eigenvalue weighted by Crippen LogP contribution is 2.29. The van der Waals surface area contributed by atoms with E-state index >= 15 is 0 Å². The van der Waals surface area contributed by atoms with Crippen molar-refractivity contribution in [3.63, 3.8) is 0 Å². The Bertz CT molecular complexity index is 923. The molecule has 0 N–H and O–H groups in total. The molecule has 0 unspecified atom stereocenters. The minimum atomic E-state index is -0.0197. The number of aryl methyl sites for hydroxylation is 1. The van der Waals surface area contributed by atoms with Gasteiger partial charge < -0.3 is 4.42 Å². The molecule has 2 heterocycles. The van der Waals surface area contributed by atoms with Crippen molar-refractivity contribution >= 4 is 50.7 Å². The van der Waals surface area contributed by atoms with Crippen LogP contribution in [0.2, 0.25) is 5.02 Å². The second kappa shape index (κ2) is 8.17. The Morgan fingerprint density at radius 1 is 1.28 bits per heavy atom. The van der Waals surface area contributed by atoms with Gasteiger partial charge in [-0.3, -0.25) is 4.79 Å². The number of thiophene rings is 1. The summed E-state index contributed by atoms with van der Waals surface area (Å²) < 4.78 is 6.79. The number of halogens is 2. The van der Waals surface area contributed by atoms with Crippen molar-refractivity contribution in [3.05, 3.63) is 73.6 Å². The molecular formula is C20H16BrClO2S. The molecule has 0 aliphatic carbocycles. The summed E-state index contributed by atoms with van der Waals surface area (Å²) in [5.41, 5.74) is 0.907. The second-order valence-corrected chi connectivity index (χ2v) is 7.97. The van der Waals surface area contributed by atoms with Crippen molar-refractivity contribution in [1.29, 1.82) is 0 Å². The Hall–Kier alpha value is -1.62. The predicted molar refractivity (Wildman–Crippen MR) is 109 cm³/mol. The van der Waals surface area contributed by atoms with Crippen molar-refractivity contribution in [3.8, 4) is 11.3 Å². The predicted octanol–water partition coefficient (Wildman–Crippen LogP) is 7.27. The minimum absolute atomic E-state index is 0.0197. The molecule has 0 aliphatic heterocycles. The molecule has 3 aromatic rings. The molecule has 0 saturated carbocycles. The molecule has 5 heteroatoms. The number of hydrogen-bond donors (Lipinski definition) is 0. The van der Waals surface area contributed by atoms with Crippen molar-refractivity contribution < 1.29 is 9.21 Å². The summed E-state index contributed by atoms with van der Waals surface area (Å²) in [5, 5.41) is 0.660. The van der Waals surface area contributed by atoms with Crippen LogP contribution in [-0.4, -0.2) is 5.78 Å². The fourth-order valence-corrected chi connectivity index (χ4v) is 4.49. The lowest BCUT2D eigenvalue weighted by Crippen LogP contribution is -1.88. The van der Waals surface area contributed by atoms with Gasteiger partial charge >= 0.3 is 0 Å². The number of allylic oxidation sites excluding steroid dienone is 1. The van der Waals surface area contributed by atoms with Crippen LogP contribution in [0.3, 0.4) is 0 Å². The number of benzene rings is 1. The van der Waals surface area contributed by atoms with Crippen LogP contribution < -0.4 is 0 Å². The molecule has 2 aromatic heterocycles. The first-order valence-corrected chi connectivity index (χ1v) is 9.92. The van der Waals surface area contributed by atoms with Crippen LogP contribution >= 0.6 is 38.9 Å². The van der Waals surface area contributed by atoms with E-state index in [2.05, 4.69) is 22.9 Å². The van der Waals surface area contributed by atoms with Crippen molar-refractivity contribution in [1.82, 2.24) is 0 Å². The zero-order chi connectivity index (χ0) is 17.8. The maximum Gasteiger partial charge on any atom is 0.195 e. The monoisotopic (exact) mass is 434 g/mol. The molecule has 0 spiro atoms. The van der Waals surface area contributed by atoms with Gasteiger partial charge in [-0.25, -0.2) is 0 Å². The molecule has 1 aromatic carbocycles. The lowest BCUT2D eigenvalue weighted by molar-refractivity contribution is 0.105. The average molecular weight is 436 g/mol. The Labute approximate surface area is 164 Å².